The maximum Gasteiger partial charge on any atom is 0.384 e. The molecule has 0 aliphatic heterocycles. The van der Waals surface area contributed by atoms with Crippen LogP contribution in [0.5, 0.6) is 0 Å². The van der Waals surface area contributed by atoms with Gasteiger partial charge in [0.25, 0.3) is 0 Å². The molecule has 0 atom stereocenters. The Morgan fingerprint density at radius 1 is 1.04 bits per heavy atom. The van der Waals surface area contributed by atoms with Crippen molar-refractivity contribution in [1.82, 2.24) is 0 Å². The highest BCUT2D eigenvalue weighted by Crippen LogP contribution is 2.32. The number of nitrogens with two attached hydrogens (primary N) is 1. The number of nitrogen functional groups attached to an aromatic ring is 1. The molecule has 0 heterocycles. The number of ether oxygens (including phenoxy) is 1. The summed E-state index contributed by atoms with van der Waals surface area (Å²) in [5.74, 6) is 3.65. The smallest absolute Gasteiger partial charge is 0.384 e. The number of fused-ring (bicyclic) bond motifs is 2. The van der Waals surface area contributed by atoms with Gasteiger partial charge in [-0.1, -0.05) is 30.2 Å². The van der Waals surface area contributed by atoms with Gasteiger partial charge in [0.05, 0.1) is 17.9 Å². The Morgan fingerprint density at radius 3 is 2.38 bits per heavy atom. The molecular formula is C19H13NO4. The predicted molar refractivity (Wildman–Crippen MR) is 87.7 cm³/mol. The first-order valence-corrected chi connectivity index (χ1v) is 7.34. The Balaban J connectivity index is 2.11. The van der Waals surface area contributed by atoms with E-state index in [1.165, 1.54) is 12.1 Å². The zero-order chi connectivity index (χ0) is 17.3. The van der Waals surface area contributed by atoms with Gasteiger partial charge in [0.15, 0.2) is 11.6 Å². The van der Waals surface area contributed by atoms with Crippen LogP contribution in [-0.2, 0) is 9.53 Å². The molecule has 0 bridgehead atoms. The van der Waals surface area contributed by atoms with E-state index in [1.807, 2.05) is 0 Å². The molecule has 0 saturated carbocycles. The molecule has 0 amide bonds. The number of hydrogen-bond donors (Lipinski definition) is 1. The second-order valence-electron chi connectivity index (χ2n) is 5.12. The van der Waals surface area contributed by atoms with Crippen LogP contribution in [0.25, 0.3) is 0 Å². The van der Waals surface area contributed by atoms with Crippen LogP contribution in [0.15, 0.2) is 36.4 Å². The van der Waals surface area contributed by atoms with Crippen LogP contribution < -0.4 is 5.73 Å². The lowest BCUT2D eigenvalue weighted by molar-refractivity contribution is -0.136. The van der Waals surface area contributed by atoms with Gasteiger partial charge in [-0.05, 0) is 19.1 Å². The quantitative estimate of drug-likeness (QED) is 0.421. The predicted octanol–water partition coefficient (Wildman–Crippen LogP) is 1.96. The summed E-state index contributed by atoms with van der Waals surface area (Å²) < 4.78 is 4.73. The van der Waals surface area contributed by atoms with Crippen molar-refractivity contribution in [2.24, 2.45) is 0 Å². The SMILES string of the molecule is CCOC(=O)C#Cc1ccc2c(c1N)C(=O)c1ccccc1C2=O. The van der Waals surface area contributed by atoms with E-state index >= 15 is 0 Å². The minimum atomic E-state index is -0.678. The summed E-state index contributed by atoms with van der Waals surface area (Å²) in [6, 6.07) is 9.64. The van der Waals surface area contributed by atoms with Gasteiger partial charge < -0.3 is 10.5 Å². The molecule has 2 aromatic carbocycles. The zero-order valence-corrected chi connectivity index (χ0v) is 12.9. The van der Waals surface area contributed by atoms with Gasteiger partial charge in [0.1, 0.15) is 0 Å². The highest BCUT2D eigenvalue weighted by Gasteiger charge is 2.31. The first-order chi connectivity index (χ1) is 11.5. The number of carbonyl (C=O) groups excluding carboxylic acids is 3. The fourth-order valence-electron chi connectivity index (χ4n) is 2.61. The number of ketones is 2. The number of esters is 1. The Kier molecular flexibility index (Phi) is 3.88. The Hall–Kier alpha value is -3.39. The number of benzene rings is 2. The summed E-state index contributed by atoms with van der Waals surface area (Å²) in [7, 11) is 0. The summed E-state index contributed by atoms with van der Waals surface area (Å²) in [6.07, 6.45) is 0. The van der Waals surface area contributed by atoms with Crippen molar-refractivity contribution in [1.29, 1.82) is 0 Å². The molecule has 0 fully saturated rings. The summed E-state index contributed by atoms with van der Waals surface area (Å²) >= 11 is 0. The van der Waals surface area contributed by atoms with Crippen molar-refractivity contribution in [3.8, 4) is 11.8 Å². The van der Waals surface area contributed by atoms with E-state index in [0.29, 0.717) is 16.7 Å². The average molecular weight is 319 g/mol. The van der Waals surface area contributed by atoms with Crippen LogP contribution in [0.1, 0.15) is 44.3 Å². The molecule has 0 radical (unpaired) electrons. The number of rotatable bonds is 1. The standard InChI is InChI=1S/C19H13NO4/c1-2-24-15(21)10-8-11-7-9-14-16(17(11)20)19(23)13-6-4-3-5-12(13)18(14)22/h3-7,9H,2,20H2,1H3. The third-order valence-corrected chi connectivity index (χ3v) is 3.71. The van der Waals surface area contributed by atoms with Gasteiger partial charge >= 0.3 is 5.97 Å². The molecule has 5 heteroatoms. The number of carbonyl (C=O) groups is 3. The fourth-order valence-corrected chi connectivity index (χ4v) is 2.61. The fraction of sp³-hybridized carbons (Fsp3) is 0.105. The normalized spacial score (nSPS) is 11.9. The average Bonchev–Trinajstić information content (AvgIpc) is 2.59. The third-order valence-electron chi connectivity index (χ3n) is 3.71. The maximum atomic E-state index is 12.7. The topological polar surface area (TPSA) is 86.5 Å². The molecule has 0 spiro atoms. The molecule has 1 aliphatic carbocycles. The second kappa shape index (κ2) is 6.01. The Labute approximate surface area is 138 Å². The molecule has 3 rings (SSSR count). The minimum Gasteiger partial charge on any atom is -0.456 e. The Morgan fingerprint density at radius 2 is 1.71 bits per heavy atom. The van der Waals surface area contributed by atoms with E-state index in [-0.39, 0.29) is 35.0 Å². The van der Waals surface area contributed by atoms with Crippen molar-refractivity contribution in [2.75, 3.05) is 12.3 Å². The van der Waals surface area contributed by atoms with Crippen LogP contribution >= 0.6 is 0 Å². The van der Waals surface area contributed by atoms with Crippen molar-refractivity contribution in [3.63, 3.8) is 0 Å². The molecular weight excluding hydrogens is 306 g/mol. The lowest BCUT2D eigenvalue weighted by Gasteiger charge is -2.19. The Bertz CT molecular complexity index is 948. The van der Waals surface area contributed by atoms with E-state index in [0.717, 1.165) is 0 Å². The maximum absolute atomic E-state index is 12.7. The molecule has 5 nitrogen and oxygen atoms in total. The molecule has 0 unspecified atom stereocenters. The minimum absolute atomic E-state index is 0.0946. The summed E-state index contributed by atoms with van der Waals surface area (Å²) in [5, 5.41) is 0. The van der Waals surface area contributed by atoms with Gasteiger partial charge in [-0.15, -0.1) is 0 Å². The molecule has 1 aliphatic rings. The van der Waals surface area contributed by atoms with E-state index < -0.39 is 5.97 Å². The van der Waals surface area contributed by atoms with Crippen LogP contribution in [0, 0.1) is 11.8 Å². The molecule has 24 heavy (non-hydrogen) atoms. The monoisotopic (exact) mass is 319 g/mol. The molecule has 2 N–H and O–H groups in total. The van der Waals surface area contributed by atoms with Crippen molar-refractivity contribution in [2.45, 2.75) is 6.92 Å². The second-order valence-corrected chi connectivity index (χ2v) is 5.12. The first kappa shape index (κ1) is 15.5. The van der Waals surface area contributed by atoms with E-state index in [2.05, 4.69) is 11.8 Å². The van der Waals surface area contributed by atoms with Crippen LogP contribution in [0.3, 0.4) is 0 Å². The van der Waals surface area contributed by atoms with Gasteiger partial charge in [-0.25, -0.2) is 4.79 Å². The molecule has 0 aromatic heterocycles. The molecule has 0 saturated heterocycles. The first-order valence-electron chi connectivity index (χ1n) is 7.34. The van der Waals surface area contributed by atoms with Gasteiger partial charge in [0, 0.05) is 28.2 Å². The highest BCUT2D eigenvalue weighted by molar-refractivity contribution is 6.30. The van der Waals surface area contributed by atoms with Crippen molar-refractivity contribution in [3.05, 3.63) is 64.2 Å². The zero-order valence-electron chi connectivity index (χ0n) is 12.9. The number of hydrogen-bond acceptors (Lipinski definition) is 5. The lowest BCUT2D eigenvalue weighted by Crippen LogP contribution is -2.22. The summed E-state index contributed by atoms with van der Waals surface area (Å²) in [5.41, 5.74) is 7.51. The van der Waals surface area contributed by atoms with Crippen LogP contribution in [-0.4, -0.2) is 24.1 Å². The van der Waals surface area contributed by atoms with E-state index in [9.17, 15) is 14.4 Å². The summed E-state index contributed by atoms with van der Waals surface area (Å²) in [6.45, 7) is 1.89. The molecule has 2 aromatic rings. The van der Waals surface area contributed by atoms with Crippen LogP contribution in [0.4, 0.5) is 5.69 Å². The van der Waals surface area contributed by atoms with Crippen molar-refractivity contribution < 1.29 is 19.1 Å². The largest absolute Gasteiger partial charge is 0.456 e. The van der Waals surface area contributed by atoms with E-state index in [4.69, 9.17) is 10.5 Å². The number of anilines is 1. The van der Waals surface area contributed by atoms with E-state index in [1.54, 1.807) is 31.2 Å². The molecule has 118 valence electrons. The highest BCUT2D eigenvalue weighted by atomic mass is 16.5. The van der Waals surface area contributed by atoms with Gasteiger partial charge in [-0.3, -0.25) is 9.59 Å². The lowest BCUT2D eigenvalue weighted by atomic mass is 9.82. The summed E-state index contributed by atoms with van der Waals surface area (Å²) in [4.78, 5) is 36.6. The van der Waals surface area contributed by atoms with Crippen LogP contribution in [0.2, 0.25) is 0 Å². The van der Waals surface area contributed by atoms with Crippen molar-refractivity contribution >= 4 is 23.2 Å². The van der Waals surface area contributed by atoms with Gasteiger partial charge in [0.2, 0.25) is 0 Å². The van der Waals surface area contributed by atoms with Gasteiger partial charge in [-0.2, -0.15) is 0 Å². The third kappa shape index (κ3) is 2.44.